The highest BCUT2D eigenvalue weighted by Crippen LogP contribution is 2.54. The maximum absolute atomic E-state index is 13.1. The van der Waals surface area contributed by atoms with Gasteiger partial charge in [-0.3, -0.25) is 9.69 Å². The summed E-state index contributed by atoms with van der Waals surface area (Å²) in [6, 6.07) is 12.8. The summed E-state index contributed by atoms with van der Waals surface area (Å²) in [4.78, 5) is 15.9. The predicted molar refractivity (Wildman–Crippen MR) is 156 cm³/mol. The van der Waals surface area contributed by atoms with Gasteiger partial charge in [0.15, 0.2) is 0 Å². The number of ether oxygens (including phenoxy) is 1. The van der Waals surface area contributed by atoms with Crippen LogP contribution in [-0.2, 0) is 17.8 Å². The van der Waals surface area contributed by atoms with Gasteiger partial charge in [0.2, 0.25) is 5.91 Å². The van der Waals surface area contributed by atoms with Crippen LogP contribution >= 0.6 is 0 Å². The molecule has 3 aromatic rings. The Labute approximate surface area is 248 Å². The Hall–Kier alpha value is -3.79. The molecule has 2 aromatic carbocycles. The van der Waals surface area contributed by atoms with Crippen LogP contribution in [0.15, 0.2) is 52.6 Å². The van der Waals surface area contributed by atoms with Gasteiger partial charge in [0.25, 0.3) is 0 Å². The Balaban J connectivity index is 1.03. The molecule has 2 saturated carbocycles. The third-order valence-electron chi connectivity index (χ3n) is 9.47. The van der Waals surface area contributed by atoms with E-state index in [-0.39, 0.29) is 28.6 Å². The molecule has 226 valence electrons. The lowest BCUT2D eigenvalue weighted by Crippen LogP contribution is -2.44. The van der Waals surface area contributed by atoms with E-state index in [9.17, 15) is 18.0 Å². The van der Waals surface area contributed by atoms with Crippen molar-refractivity contribution < 1.29 is 27.2 Å². The minimum atomic E-state index is -4.79. The summed E-state index contributed by atoms with van der Waals surface area (Å²) in [5.74, 6) is 0.476. The number of nitrogens with zero attached hydrogens (tertiary/aromatic N) is 3. The lowest BCUT2D eigenvalue weighted by molar-refractivity contribution is -0.274. The van der Waals surface area contributed by atoms with Crippen LogP contribution in [0.25, 0.3) is 17.3 Å². The number of alkyl halides is 3. The van der Waals surface area contributed by atoms with Gasteiger partial charge in [-0.25, -0.2) is 0 Å². The van der Waals surface area contributed by atoms with Crippen LogP contribution in [0.4, 0.5) is 18.9 Å². The van der Waals surface area contributed by atoms with Crippen molar-refractivity contribution in [3.8, 4) is 17.0 Å². The van der Waals surface area contributed by atoms with E-state index >= 15 is 0 Å². The SMILES string of the molecule is NC(=O)CN1CCc2cc(N3CCC4(CC3)CC(=Cc3c(-c5ccccc5OC(F)(F)F)noc3C3CC3)C4)ccc2C1. The second-order valence-corrected chi connectivity index (χ2v) is 12.7. The van der Waals surface area contributed by atoms with Crippen molar-refractivity contribution in [3.05, 3.63) is 70.5 Å². The lowest BCUT2D eigenvalue weighted by atomic mass is 9.60. The molecule has 2 aliphatic carbocycles. The summed E-state index contributed by atoms with van der Waals surface area (Å²) in [5, 5.41) is 4.25. The standard InChI is InChI=1S/C33H35F3N4O3/c34-33(35,36)42-28-4-2-1-3-26(28)30-27(31(43-38-30)22-5-6-22)15-21-17-32(18-21)10-13-40(14-11-32)25-8-7-24-19-39(20-29(37)41)12-9-23(24)16-25/h1-4,7-8,15-16,22H,5-6,9-14,17-20H2,(H2,37,41). The monoisotopic (exact) mass is 592 g/mol. The summed E-state index contributed by atoms with van der Waals surface area (Å²) in [7, 11) is 0. The number of rotatable bonds is 7. The zero-order chi connectivity index (χ0) is 29.8. The molecule has 1 amide bonds. The van der Waals surface area contributed by atoms with Crippen molar-refractivity contribution >= 4 is 17.7 Å². The number of primary amides is 1. The van der Waals surface area contributed by atoms with Gasteiger partial charge < -0.3 is 19.9 Å². The van der Waals surface area contributed by atoms with E-state index in [0.717, 1.165) is 82.4 Å². The number of nitrogens with two attached hydrogens (primary N) is 1. The topological polar surface area (TPSA) is 84.8 Å². The number of aromatic nitrogens is 1. The number of halogens is 3. The Kier molecular flexibility index (Phi) is 6.99. The summed E-state index contributed by atoms with van der Waals surface area (Å²) < 4.78 is 49.4. The molecular weight excluding hydrogens is 557 g/mol. The third-order valence-corrected chi connectivity index (χ3v) is 9.47. The molecule has 1 spiro atoms. The van der Waals surface area contributed by atoms with Crippen molar-refractivity contribution in [2.45, 2.75) is 63.8 Å². The molecule has 2 aliphatic heterocycles. The number of piperidine rings is 1. The van der Waals surface area contributed by atoms with Gasteiger partial charge in [0, 0.05) is 48.9 Å². The van der Waals surface area contributed by atoms with E-state index in [2.05, 4.69) is 44.0 Å². The minimum absolute atomic E-state index is 0.264. The molecule has 1 aromatic heterocycles. The summed E-state index contributed by atoms with van der Waals surface area (Å²) in [6.45, 7) is 3.89. The third kappa shape index (κ3) is 5.89. The minimum Gasteiger partial charge on any atom is -0.405 e. The van der Waals surface area contributed by atoms with E-state index in [1.165, 1.54) is 34.5 Å². The first-order valence-corrected chi connectivity index (χ1v) is 15.1. The fourth-order valence-corrected chi connectivity index (χ4v) is 7.12. The van der Waals surface area contributed by atoms with Crippen molar-refractivity contribution in [2.24, 2.45) is 11.1 Å². The maximum atomic E-state index is 13.1. The van der Waals surface area contributed by atoms with Gasteiger partial charge in [0.05, 0.1) is 6.54 Å². The zero-order valence-electron chi connectivity index (χ0n) is 24.0. The highest BCUT2D eigenvalue weighted by Gasteiger charge is 2.43. The van der Waals surface area contributed by atoms with Gasteiger partial charge in [0.1, 0.15) is 17.2 Å². The Morgan fingerprint density at radius 3 is 2.58 bits per heavy atom. The van der Waals surface area contributed by atoms with E-state index in [0.29, 0.717) is 12.2 Å². The number of carbonyl (C=O) groups is 1. The number of benzene rings is 2. The molecule has 43 heavy (non-hydrogen) atoms. The molecule has 1 saturated heterocycles. The number of amides is 1. The quantitative estimate of drug-likeness (QED) is 0.341. The van der Waals surface area contributed by atoms with Crippen LogP contribution in [0, 0.1) is 5.41 Å². The molecule has 4 aliphatic rings. The van der Waals surface area contributed by atoms with Crippen LogP contribution in [0.1, 0.15) is 66.9 Å². The van der Waals surface area contributed by atoms with Crippen LogP contribution in [0.3, 0.4) is 0 Å². The highest BCUT2D eigenvalue weighted by atomic mass is 19.4. The molecule has 7 rings (SSSR count). The number of allylic oxidation sites excluding steroid dienone is 1. The second-order valence-electron chi connectivity index (χ2n) is 12.7. The van der Waals surface area contributed by atoms with Crippen LogP contribution in [-0.4, -0.2) is 48.5 Å². The predicted octanol–water partition coefficient (Wildman–Crippen LogP) is 6.43. The van der Waals surface area contributed by atoms with Crippen LogP contribution < -0.4 is 15.4 Å². The summed E-state index contributed by atoms with van der Waals surface area (Å²) in [5.41, 5.74) is 12.3. The summed E-state index contributed by atoms with van der Waals surface area (Å²) in [6.07, 6.45) is 4.41. The van der Waals surface area contributed by atoms with Crippen molar-refractivity contribution in [1.82, 2.24) is 10.1 Å². The maximum Gasteiger partial charge on any atom is 0.573 e. The Bertz CT molecular complexity index is 1560. The number of fused-ring (bicyclic) bond motifs is 1. The Morgan fingerprint density at radius 1 is 1.09 bits per heavy atom. The van der Waals surface area contributed by atoms with Crippen LogP contribution in [0.5, 0.6) is 5.75 Å². The largest absolute Gasteiger partial charge is 0.573 e. The zero-order valence-corrected chi connectivity index (χ0v) is 24.0. The van der Waals surface area contributed by atoms with Crippen LogP contribution in [0.2, 0.25) is 0 Å². The van der Waals surface area contributed by atoms with E-state index in [1.54, 1.807) is 12.1 Å². The van der Waals surface area contributed by atoms with Crippen molar-refractivity contribution in [2.75, 3.05) is 31.1 Å². The number of anilines is 1. The van der Waals surface area contributed by atoms with E-state index in [4.69, 9.17) is 10.3 Å². The molecule has 3 heterocycles. The molecule has 2 N–H and O–H groups in total. The number of carbonyl (C=O) groups excluding carboxylic acids is 1. The molecule has 0 bridgehead atoms. The molecular formula is C33H35F3N4O3. The number of hydrogen-bond donors (Lipinski definition) is 1. The van der Waals surface area contributed by atoms with Gasteiger partial charge in [-0.1, -0.05) is 28.9 Å². The fourth-order valence-electron chi connectivity index (χ4n) is 7.12. The van der Waals surface area contributed by atoms with Gasteiger partial charge in [-0.05, 0) is 91.8 Å². The average molecular weight is 593 g/mol. The van der Waals surface area contributed by atoms with E-state index in [1.807, 2.05) is 0 Å². The molecule has 0 unspecified atom stereocenters. The van der Waals surface area contributed by atoms with Gasteiger partial charge in [-0.15, -0.1) is 13.2 Å². The van der Waals surface area contributed by atoms with Gasteiger partial charge >= 0.3 is 6.36 Å². The first kappa shape index (κ1) is 28.0. The summed E-state index contributed by atoms with van der Waals surface area (Å²) >= 11 is 0. The van der Waals surface area contributed by atoms with Crippen molar-refractivity contribution in [3.63, 3.8) is 0 Å². The first-order chi connectivity index (χ1) is 20.6. The molecule has 10 heteroatoms. The Morgan fingerprint density at radius 2 is 1.86 bits per heavy atom. The fraction of sp³-hybridized carbons (Fsp3) is 0.455. The van der Waals surface area contributed by atoms with Crippen molar-refractivity contribution in [1.29, 1.82) is 0 Å². The molecule has 0 atom stereocenters. The molecule has 0 radical (unpaired) electrons. The smallest absolute Gasteiger partial charge is 0.405 e. The average Bonchev–Trinajstić information content (AvgIpc) is 3.71. The first-order valence-electron chi connectivity index (χ1n) is 15.1. The molecule has 7 nitrogen and oxygen atoms in total. The number of hydrogen-bond acceptors (Lipinski definition) is 6. The number of para-hydroxylation sites is 1. The second kappa shape index (κ2) is 10.7. The van der Waals surface area contributed by atoms with E-state index < -0.39 is 6.36 Å². The van der Waals surface area contributed by atoms with Gasteiger partial charge in [-0.2, -0.15) is 0 Å². The molecule has 3 fully saturated rings. The highest BCUT2D eigenvalue weighted by molar-refractivity contribution is 5.78. The lowest BCUT2D eigenvalue weighted by Gasteiger charge is -2.50. The normalized spacial score (nSPS) is 20.1.